The Labute approximate surface area is 311 Å². The van der Waals surface area contributed by atoms with Gasteiger partial charge in [0.15, 0.2) is 0 Å². The fourth-order valence-electron chi connectivity index (χ4n) is 5.54. The van der Waals surface area contributed by atoms with E-state index in [-0.39, 0.29) is 42.8 Å². The fourth-order valence-corrected chi connectivity index (χ4v) is 8.25. The maximum absolute atomic E-state index is 13.2. The van der Waals surface area contributed by atoms with Crippen LogP contribution in [0.2, 0.25) is 0 Å². The van der Waals surface area contributed by atoms with Gasteiger partial charge in [-0.1, -0.05) is 6.92 Å². The molecule has 1 aromatic carbocycles. The van der Waals surface area contributed by atoms with Crippen molar-refractivity contribution in [3.63, 3.8) is 0 Å². The van der Waals surface area contributed by atoms with E-state index in [2.05, 4.69) is 20.6 Å². The van der Waals surface area contributed by atoms with Crippen LogP contribution in [0.1, 0.15) is 65.2 Å². The Bertz CT molecular complexity index is 2270. The smallest absolute Gasteiger partial charge is 0.269 e. The molecular weight excluding hydrogens is 801 g/mol. The average Bonchev–Trinajstić information content (AvgIpc) is 3.51. The van der Waals surface area contributed by atoms with Crippen LogP contribution >= 0.6 is 11.3 Å². The number of hydrogen-bond donors (Lipinski definition) is 6. The van der Waals surface area contributed by atoms with Gasteiger partial charge in [0.2, 0.25) is 0 Å². The lowest BCUT2D eigenvalue weighted by Crippen LogP contribution is -2.33. The van der Waals surface area contributed by atoms with Crippen molar-refractivity contribution in [3.05, 3.63) is 52.2 Å². The van der Waals surface area contributed by atoms with Gasteiger partial charge in [-0.3, -0.25) is 32.8 Å². The Morgan fingerprint density at radius 2 is 1.28 bits per heavy atom. The van der Waals surface area contributed by atoms with E-state index in [9.17, 15) is 47.8 Å². The monoisotopic (exact) mass is 840 g/mol. The van der Waals surface area contributed by atoms with Crippen molar-refractivity contribution >= 4 is 79.4 Å². The number of aryl methyl sites for hydroxylation is 1. The predicted octanol–water partition coefficient (Wildman–Crippen LogP) is 2.17. The molecule has 2 heterocycles. The zero-order valence-electron chi connectivity index (χ0n) is 28.8. The molecular formula is C30H40N4O14S5. The Kier molecular flexibility index (Phi) is 14.4. The number of thiophene rings is 1. The molecule has 1 unspecified atom stereocenters. The maximum Gasteiger partial charge on any atom is 0.269 e. The highest BCUT2D eigenvalue weighted by molar-refractivity contribution is 7.86. The van der Waals surface area contributed by atoms with E-state index in [0.29, 0.717) is 21.5 Å². The lowest BCUT2D eigenvalue weighted by molar-refractivity contribution is 0.0947. The molecule has 0 saturated carbocycles. The van der Waals surface area contributed by atoms with Crippen LogP contribution in [-0.4, -0.2) is 117 Å². The van der Waals surface area contributed by atoms with Crippen LogP contribution in [-0.2, 0) is 45.9 Å². The quantitative estimate of drug-likeness (QED) is 0.0573. The van der Waals surface area contributed by atoms with Crippen LogP contribution in [0.15, 0.2) is 34.6 Å². The first-order valence-corrected chi connectivity index (χ1v) is 23.0. The van der Waals surface area contributed by atoms with Crippen LogP contribution < -0.4 is 10.6 Å². The van der Waals surface area contributed by atoms with Gasteiger partial charge in [0, 0.05) is 35.5 Å². The number of nitrogens with one attached hydrogen (secondary N) is 2. The molecule has 3 aromatic rings. The minimum atomic E-state index is -4.44. The van der Waals surface area contributed by atoms with Gasteiger partial charge >= 0.3 is 0 Å². The number of pyridine rings is 1. The molecule has 0 bridgehead atoms. The highest BCUT2D eigenvalue weighted by atomic mass is 32.2. The first-order valence-electron chi connectivity index (χ1n) is 15.7. The number of aromatic nitrogens is 1. The van der Waals surface area contributed by atoms with Gasteiger partial charge in [-0.05, 0) is 90.4 Å². The zero-order chi connectivity index (χ0) is 40.0. The number of benzene rings is 1. The number of carbonyl (C=O) groups excluding carboxylic acids is 2. The summed E-state index contributed by atoms with van der Waals surface area (Å²) >= 11 is 1.32. The van der Waals surface area contributed by atoms with Crippen LogP contribution in [0.4, 0.5) is 0 Å². The van der Waals surface area contributed by atoms with E-state index in [1.165, 1.54) is 23.5 Å². The third kappa shape index (κ3) is 13.4. The predicted molar refractivity (Wildman–Crippen MR) is 199 cm³/mol. The molecule has 23 heteroatoms. The second kappa shape index (κ2) is 17.4. The molecule has 6 N–H and O–H groups in total. The Balaban J connectivity index is 2.25. The number of carbonyl (C=O) groups is 2. The van der Waals surface area contributed by atoms with E-state index >= 15 is 0 Å². The van der Waals surface area contributed by atoms with E-state index < -0.39 is 93.8 Å². The van der Waals surface area contributed by atoms with Gasteiger partial charge in [-0.15, -0.1) is 11.3 Å². The standard InChI is InChI=1S/C30H40N4O14S5/c1-19-22-6-11-49-27(22)23(18-24(19)30(3,7-4-12-50(37,38)39)20(2)31-8-5-13-51(40,41)42)21-16-25(28(35)32-9-14-52(43,44)45)34-26(17-21)29(36)33-10-15-53(46,47)48/h6,11,16-18H,4-5,7-10,12-15H2,1-3H3,(H,32,35)(H,33,36)(H,37,38,39)(H,40,41,42)(H,43,44,45)(H,46,47,48). The van der Waals surface area contributed by atoms with E-state index in [1.807, 2.05) is 13.0 Å². The number of amides is 2. The van der Waals surface area contributed by atoms with Gasteiger partial charge in [0.1, 0.15) is 11.4 Å². The molecule has 0 aliphatic heterocycles. The third-order valence-electron chi connectivity index (χ3n) is 8.28. The summed E-state index contributed by atoms with van der Waals surface area (Å²) in [5.41, 5.74) is 0.839. The van der Waals surface area contributed by atoms with Gasteiger partial charge < -0.3 is 10.6 Å². The maximum atomic E-state index is 13.2. The van der Waals surface area contributed by atoms with Crippen molar-refractivity contribution in [3.8, 4) is 11.1 Å². The van der Waals surface area contributed by atoms with Crippen LogP contribution in [0.25, 0.3) is 21.2 Å². The molecule has 0 saturated heterocycles. The summed E-state index contributed by atoms with van der Waals surface area (Å²) in [5, 5.41) is 7.14. The van der Waals surface area contributed by atoms with Crippen molar-refractivity contribution in [2.75, 3.05) is 42.6 Å². The Morgan fingerprint density at radius 1 is 0.792 bits per heavy atom. The van der Waals surface area contributed by atoms with Crippen molar-refractivity contribution in [1.29, 1.82) is 0 Å². The van der Waals surface area contributed by atoms with Crippen molar-refractivity contribution in [1.82, 2.24) is 15.6 Å². The highest BCUT2D eigenvalue weighted by Crippen LogP contribution is 2.43. The summed E-state index contributed by atoms with van der Waals surface area (Å²) in [6, 6.07) is 6.25. The van der Waals surface area contributed by atoms with Crippen LogP contribution in [0.5, 0.6) is 0 Å². The summed E-state index contributed by atoms with van der Waals surface area (Å²) < 4.78 is 128. The molecule has 294 valence electrons. The van der Waals surface area contributed by atoms with E-state index in [1.54, 1.807) is 25.3 Å². The van der Waals surface area contributed by atoms with Crippen LogP contribution in [0.3, 0.4) is 0 Å². The van der Waals surface area contributed by atoms with E-state index in [0.717, 1.165) is 10.9 Å². The first kappa shape index (κ1) is 44.0. The molecule has 3 rings (SSSR count). The molecule has 0 spiro atoms. The summed E-state index contributed by atoms with van der Waals surface area (Å²) in [6.45, 7) is 4.28. The van der Waals surface area contributed by atoms with Crippen molar-refractivity contribution < 1.29 is 61.5 Å². The zero-order valence-corrected chi connectivity index (χ0v) is 32.8. The lowest BCUT2D eigenvalue weighted by Gasteiger charge is -2.33. The van der Waals surface area contributed by atoms with Crippen LogP contribution in [0, 0.1) is 6.92 Å². The van der Waals surface area contributed by atoms with Gasteiger partial charge in [-0.2, -0.15) is 33.7 Å². The molecule has 0 aliphatic rings. The molecule has 1 atom stereocenters. The van der Waals surface area contributed by atoms with Crippen molar-refractivity contribution in [2.24, 2.45) is 4.99 Å². The molecule has 18 nitrogen and oxygen atoms in total. The number of hydrogen-bond acceptors (Lipinski definition) is 13. The summed E-state index contributed by atoms with van der Waals surface area (Å²) in [6.07, 6.45) is 0.114. The SMILES string of the molecule is CC(=NCCCS(=O)(=O)O)C(C)(CCCS(=O)(=O)O)c1cc(-c2cc(C(=O)NCCS(=O)(=O)O)nc(C(=O)NCCS(=O)(=O)O)c2)c2sccc2c1C. The normalized spacial score (nSPS) is 14.2. The number of fused-ring (bicyclic) bond motifs is 1. The Hall–Kier alpha value is -3.42. The molecule has 2 amide bonds. The minimum Gasteiger partial charge on any atom is -0.350 e. The number of aliphatic imine (C=N–C) groups is 1. The van der Waals surface area contributed by atoms with Crippen molar-refractivity contribution in [2.45, 2.75) is 45.4 Å². The number of rotatable bonds is 19. The van der Waals surface area contributed by atoms with Gasteiger partial charge in [0.25, 0.3) is 52.3 Å². The molecule has 0 aliphatic carbocycles. The second-order valence-electron chi connectivity index (χ2n) is 12.3. The minimum absolute atomic E-state index is 0.00255. The number of nitrogens with zero attached hydrogens (tertiary/aromatic N) is 2. The molecule has 2 aromatic heterocycles. The second-order valence-corrected chi connectivity index (χ2v) is 19.5. The topological polar surface area (TPSA) is 301 Å². The lowest BCUT2D eigenvalue weighted by atomic mass is 9.72. The highest BCUT2D eigenvalue weighted by Gasteiger charge is 2.34. The summed E-state index contributed by atoms with van der Waals surface area (Å²) in [5.74, 6) is -4.56. The fraction of sp³-hybridized carbons (Fsp3) is 0.467. The van der Waals surface area contributed by atoms with Gasteiger partial charge in [0.05, 0.1) is 23.0 Å². The average molecular weight is 841 g/mol. The van der Waals surface area contributed by atoms with Gasteiger partial charge in [-0.25, -0.2) is 4.98 Å². The summed E-state index contributed by atoms with van der Waals surface area (Å²) in [4.78, 5) is 35.0. The van der Waals surface area contributed by atoms with E-state index in [4.69, 9.17) is 13.7 Å². The summed E-state index contributed by atoms with van der Waals surface area (Å²) in [7, 11) is -17.5. The molecule has 53 heavy (non-hydrogen) atoms. The third-order valence-corrected chi connectivity index (χ3v) is 12.3. The molecule has 0 radical (unpaired) electrons. The Morgan fingerprint density at radius 3 is 1.77 bits per heavy atom. The first-order chi connectivity index (χ1) is 24.3. The molecule has 0 fully saturated rings. The largest absolute Gasteiger partial charge is 0.350 e.